The number of nitrogens with one attached hydrogen (secondary N) is 2. The molecule has 3 N–H and O–H groups in total. The number of thioether (sulfide) groups is 1. The third-order valence-corrected chi connectivity index (χ3v) is 7.76. The van der Waals surface area contributed by atoms with E-state index in [1.54, 1.807) is 13.8 Å². The van der Waals surface area contributed by atoms with Crippen molar-refractivity contribution in [1.82, 2.24) is 10.6 Å². The molecule has 38 heavy (non-hydrogen) atoms. The first-order chi connectivity index (χ1) is 17.7. The van der Waals surface area contributed by atoms with Crippen LogP contribution in [-0.4, -0.2) is 55.2 Å². The molecule has 0 spiro atoms. The van der Waals surface area contributed by atoms with Gasteiger partial charge in [0.15, 0.2) is 5.78 Å². The molecule has 9 nitrogen and oxygen atoms in total. The van der Waals surface area contributed by atoms with Crippen LogP contribution in [0.1, 0.15) is 39.2 Å². The number of hydrogen-bond acceptors (Lipinski definition) is 7. The summed E-state index contributed by atoms with van der Waals surface area (Å²) in [5.41, 5.74) is 0.942. The van der Waals surface area contributed by atoms with Gasteiger partial charge in [-0.15, -0.1) is 11.8 Å². The van der Waals surface area contributed by atoms with Gasteiger partial charge >= 0.3 is 0 Å². The predicted molar refractivity (Wildman–Crippen MR) is 144 cm³/mol. The molecular weight excluding hydrogens is 559 g/mol. The van der Waals surface area contributed by atoms with E-state index in [1.807, 2.05) is 0 Å². The molecule has 0 saturated heterocycles. The van der Waals surface area contributed by atoms with E-state index < -0.39 is 32.9 Å². The summed E-state index contributed by atoms with van der Waals surface area (Å²) in [5, 5.41) is 5.49. The maximum Gasteiger partial charge on any atom is 0.294 e. The molecule has 2 rings (SSSR count). The Bertz CT molecular complexity index is 1300. The van der Waals surface area contributed by atoms with Crippen molar-refractivity contribution in [3.63, 3.8) is 0 Å². The van der Waals surface area contributed by atoms with E-state index in [0.717, 1.165) is 12.1 Å². The first-order valence-electron chi connectivity index (χ1n) is 11.5. The molecule has 0 aromatic heterocycles. The highest BCUT2D eigenvalue weighted by molar-refractivity contribution is 8.00. The highest BCUT2D eigenvalue weighted by Crippen LogP contribution is 2.31. The number of allylic oxidation sites excluding steroid dienone is 4. The molecule has 0 saturated carbocycles. The molecule has 1 aliphatic rings. The Hall–Kier alpha value is -2.67. The second-order valence-corrected chi connectivity index (χ2v) is 11.5. The summed E-state index contributed by atoms with van der Waals surface area (Å²) in [6.07, 6.45) is 2.20. The van der Waals surface area contributed by atoms with E-state index in [0.29, 0.717) is 29.0 Å². The van der Waals surface area contributed by atoms with Gasteiger partial charge in [0.05, 0.1) is 30.2 Å². The monoisotopic (exact) mass is 588 g/mol. The normalized spacial score (nSPS) is 14.3. The van der Waals surface area contributed by atoms with E-state index in [9.17, 15) is 31.7 Å². The zero-order valence-electron chi connectivity index (χ0n) is 21.4. The maximum absolute atomic E-state index is 14.0. The molecule has 1 aromatic carbocycles. The lowest BCUT2D eigenvalue weighted by atomic mass is 10.1. The van der Waals surface area contributed by atoms with Gasteiger partial charge in [0.1, 0.15) is 17.3 Å². The minimum atomic E-state index is -4.50. The second kappa shape index (κ2) is 13.9. The topological polar surface area (TPSA) is 139 Å². The summed E-state index contributed by atoms with van der Waals surface area (Å²) in [6, 6.07) is 2.65. The van der Waals surface area contributed by atoms with Crippen molar-refractivity contribution in [2.45, 2.75) is 51.0 Å². The summed E-state index contributed by atoms with van der Waals surface area (Å²) in [6.45, 7) is 4.70. The number of benzene rings is 1. The van der Waals surface area contributed by atoms with Crippen LogP contribution in [0.5, 0.6) is 5.75 Å². The van der Waals surface area contributed by atoms with E-state index in [1.165, 1.54) is 37.9 Å². The standard InChI is InChI=1S/C25H30ClFN2O7S2/c1-14(2)24(29-23(31)11-16-10-17(38(33,34)35)8-9-22(16)36-4)25(32)28-15(3)21(30)13-37-12-18-19(26)6-5-7-20(18)27/h7-10,15H,5-6,11-13H2,1-4H3,(H,28,32)(H,29,31)(H,33,34,35)/t15-/m0/s1. The quantitative estimate of drug-likeness (QED) is 0.247. The molecule has 2 amide bonds. The lowest BCUT2D eigenvalue weighted by Crippen LogP contribution is -2.44. The van der Waals surface area contributed by atoms with Gasteiger partial charge in [-0.1, -0.05) is 11.6 Å². The van der Waals surface area contributed by atoms with E-state index in [2.05, 4.69) is 10.6 Å². The van der Waals surface area contributed by atoms with E-state index in [4.69, 9.17) is 16.3 Å². The summed E-state index contributed by atoms with van der Waals surface area (Å²) in [7, 11) is -3.16. The Balaban J connectivity index is 2.00. The summed E-state index contributed by atoms with van der Waals surface area (Å²) in [4.78, 5) is 37.7. The van der Waals surface area contributed by atoms with Crippen LogP contribution in [0.4, 0.5) is 4.39 Å². The molecule has 13 heteroatoms. The fourth-order valence-corrected chi connectivity index (χ4v) is 5.37. The molecule has 0 bridgehead atoms. The highest BCUT2D eigenvalue weighted by Gasteiger charge is 2.22. The molecule has 0 fully saturated rings. The molecule has 1 atom stereocenters. The van der Waals surface area contributed by atoms with Gasteiger partial charge in [0.25, 0.3) is 16.0 Å². The van der Waals surface area contributed by atoms with Gasteiger partial charge in [-0.25, -0.2) is 4.39 Å². The summed E-state index contributed by atoms with van der Waals surface area (Å²) in [5.74, 6) is -1.55. The molecule has 0 heterocycles. The number of ketones is 1. The fraction of sp³-hybridized carbons (Fsp3) is 0.400. The maximum atomic E-state index is 14.0. The summed E-state index contributed by atoms with van der Waals surface area (Å²) >= 11 is 7.27. The van der Waals surface area contributed by atoms with E-state index in [-0.39, 0.29) is 46.5 Å². The zero-order valence-corrected chi connectivity index (χ0v) is 23.8. The number of Topliss-reactive ketones (excluding diaryl/α,β-unsaturated/α-hetero) is 1. The van der Waals surface area contributed by atoms with Gasteiger partial charge in [-0.3, -0.25) is 18.9 Å². The molecule has 0 radical (unpaired) electrons. The average Bonchev–Trinajstić information content (AvgIpc) is 2.83. The van der Waals surface area contributed by atoms with Crippen LogP contribution in [-0.2, 0) is 30.9 Å². The average molecular weight is 589 g/mol. The van der Waals surface area contributed by atoms with Crippen molar-refractivity contribution < 1.29 is 36.5 Å². The van der Waals surface area contributed by atoms with Crippen LogP contribution < -0.4 is 15.4 Å². The molecule has 208 valence electrons. The van der Waals surface area contributed by atoms with Crippen LogP contribution in [0.25, 0.3) is 0 Å². The van der Waals surface area contributed by atoms with Gasteiger partial charge in [-0.05, 0) is 63.5 Å². The zero-order chi connectivity index (χ0) is 28.6. The van der Waals surface area contributed by atoms with Crippen LogP contribution in [0, 0.1) is 0 Å². The second-order valence-electron chi connectivity index (χ2n) is 8.68. The number of carbonyl (C=O) groups is 3. The smallest absolute Gasteiger partial charge is 0.294 e. The van der Waals surface area contributed by atoms with Gasteiger partial charge in [0, 0.05) is 21.9 Å². The Kier molecular flexibility index (Phi) is 11.6. The Labute approximate surface area is 230 Å². The largest absolute Gasteiger partial charge is 0.496 e. The minimum absolute atomic E-state index is 0.0167. The Morgan fingerprint density at radius 3 is 2.53 bits per heavy atom. The van der Waals surface area contributed by atoms with Gasteiger partial charge < -0.3 is 15.4 Å². The molecule has 1 aliphatic carbocycles. The number of amides is 2. The SMILES string of the molecule is COc1ccc(S(=O)(=O)O)cc1CC(=O)NC(C(=O)N[C@@H](C)C(=O)CSCC1=C(Cl)CCC=C1F)=C(C)C. The van der Waals surface area contributed by atoms with Gasteiger partial charge in [0.2, 0.25) is 5.91 Å². The molecular formula is C25H30ClFN2O7S2. The number of rotatable bonds is 12. The third-order valence-electron chi connectivity index (χ3n) is 5.52. The first kappa shape index (κ1) is 31.5. The van der Waals surface area contributed by atoms with Crippen LogP contribution in [0.3, 0.4) is 0 Å². The van der Waals surface area contributed by atoms with Crippen molar-refractivity contribution >= 4 is 51.1 Å². The number of carbonyl (C=O) groups excluding carboxylic acids is 3. The third kappa shape index (κ3) is 8.97. The van der Waals surface area contributed by atoms with Crippen molar-refractivity contribution in [3.8, 4) is 5.75 Å². The van der Waals surface area contributed by atoms with Crippen molar-refractivity contribution in [3.05, 3.63) is 57.5 Å². The highest BCUT2D eigenvalue weighted by atomic mass is 35.5. The van der Waals surface area contributed by atoms with Crippen LogP contribution >= 0.6 is 23.4 Å². The van der Waals surface area contributed by atoms with Crippen LogP contribution in [0.15, 0.2) is 56.9 Å². The Morgan fingerprint density at radius 2 is 1.95 bits per heavy atom. The fourth-order valence-electron chi connectivity index (χ4n) is 3.42. The molecule has 1 aromatic rings. The van der Waals surface area contributed by atoms with Crippen molar-refractivity contribution in [2.24, 2.45) is 0 Å². The van der Waals surface area contributed by atoms with Crippen molar-refractivity contribution in [2.75, 3.05) is 18.6 Å². The number of methoxy groups -OCH3 is 1. The number of halogens is 2. The lowest BCUT2D eigenvalue weighted by Gasteiger charge is -2.17. The van der Waals surface area contributed by atoms with E-state index >= 15 is 0 Å². The van der Waals surface area contributed by atoms with Crippen molar-refractivity contribution in [1.29, 1.82) is 0 Å². The number of hydrogen-bond donors (Lipinski definition) is 3. The summed E-state index contributed by atoms with van der Waals surface area (Å²) < 4.78 is 51.3. The lowest BCUT2D eigenvalue weighted by molar-refractivity contribution is -0.125. The number of ether oxygens (including phenoxy) is 1. The molecule has 0 aliphatic heterocycles. The first-order valence-corrected chi connectivity index (χ1v) is 14.5. The van der Waals surface area contributed by atoms with Crippen LogP contribution in [0.2, 0.25) is 0 Å². The van der Waals surface area contributed by atoms with Gasteiger partial charge in [-0.2, -0.15) is 8.42 Å². The predicted octanol–water partition coefficient (Wildman–Crippen LogP) is 3.84. The Morgan fingerprint density at radius 1 is 1.26 bits per heavy atom. The molecule has 0 unspecified atom stereocenters. The minimum Gasteiger partial charge on any atom is -0.496 e.